The van der Waals surface area contributed by atoms with Crippen LogP contribution in [0, 0.1) is 6.92 Å². The van der Waals surface area contributed by atoms with E-state index in [1.165, 1.54) is 11.1 Å². The highest BCUT2D eigenvalue weighted by molar-refractivity contribution is 5.91. The average Bonchev–Trinajstić information content (AvgIpc) is 2.52. The number of hydrogen-bond acceptors (Lipinski definition) is 1. The van der Waals surface area contributed by atoms with Crippen molar-refractivity contribution in [2.45, 2.75) is 19.8 Å². The van der Waals surface area contributed by atoms with E-state index in [9.17, 15) is 4.79 Å². The van der Waals surface area contributed by atoms with Crippen molar-refractivity contribution in [1.29, 1.82) is 0 Å². The Bertz CT molecular complexity index is 585. The molecule has 0 heterocycles. The van der Waals surface area contributed by atoms with E-state index >= 15 is 0 Å². The van der Waals surface area contributed by atoms with Gasteiger partial charge in [0.15, 0.2) is 0 Å². The zero-order valence-corrected chi connectivity index (χ0v) is 12.4. The van der Waals surface area contributed by atoms with Crippen molar-refractivity contribution in [2.24, 2.45) is 0 Å². The zero-order valence-electron chi connectivity index (χ0n) is 12.4. The molecule has 1 amide bonds. The van der Waals surface area contributed by atoms with Gasteiger partial charge in [-0.3, -0.25) is 4.79 Å². The fourth-order valence-corrected chi connectivity index (χ4v) is 2.06. The summed E-state index contributed by atoms with van der Waals surface area (Å²) in [6.45, 7) is 2.75. The van der Waals surface area contributed by atoms with E-state index in [2.05, 4.69) is 17.4 Å². The van der Waals surface area contributed by atoms with Crippen LogP contribution < -0.4 is 5.32 Å². The summed E-state index contributed by atoms with van der Waals surface area (Å²) in [5, 5.41) is 2.91. The molecular weight excluding hydrogens is 258 g/mol. The van der Waals surface area contributed by atoms with Gasteiger partial charge in [0.05, 0.1) is 0 Å². The van der Waals surface area contributed by atoms with Crippen molar-refractivity contribution in [1.82, 2.24) is 5.32 Å². The average molecular weight is 279 g/mol. The van der Waals surface area contributed by atoms with E-state index in [1.807, 2.05) is 55.5 Å². The maximum Gasteiger partial charge on any atom is 0.243 e. The first kappa shape index (κ1) is 15.0. The lowest BCUT2D eigenvalue weighted by Crippen LogP contribution is -2.22. The molecule has 0 aliphatic rings. The van der Waals surface area contributed by atoms with Gasteiger partial charge in [0, 0.05) is 12.6 Å². The zero-order chi connectivity index (χ0) is 14.9. The molecule has 0 unspecified atom stereocenters. The third kappa shape index (κ3) is 5.65. The van der Waals surface area contributed by atoms with Crippen LogP contribution in [-0.2, 0) is 11.2 Å². The van der Waals surface area contributed by atoms with E-state index < -0.39 is 0 Å². The van der Waals surface area contributed by atoms with Crippen molar-refractivity contribution in [3.63, 3.8) is 0 Å². The minimum Gasteiger partial charge on any atom is -0.353 e. The highest BCUT2D eigenvalue weighted by atomic mass is 16.1. The summed E-state index contributed by atoms with van der Waals surface area (Å²) in [6.07, 6.45) is 5.37. The molecule has 108 valence electrons. The minimum atomic E-state index is -0.0383. The third-order valence-corrected chi connectivity index (χ3v) is 3.29. The Morgan fingerprint density at radius 1 is 1.05 bits per heavy atom. The lowest BCUT2D eigenvalue weighted by Gasteiger charge is -2.02. The summed E-state index contributed by atoms with van der Waals surface area (Å²) >= 11 is 0. The molecule has 0 bridgehead atoms. The molecule has 0 saturated heterocycles. The molecule has 2 rings (SSSR count). The summed E-state index contributed by atoms with van der Waals surface area (Å²) < 4.78 is 0. The molecule has 2 nitrogen and oxygen atoms in total. The Kier molecular flexibility index (Phi) is 5.77. The molecule has 2 heteroatoms. The first-order chi connectivity index (χ1) is 10.2. The van der Waals surface area contributed by atoms with Crippen LogP contribution in [0.15, 0.2) is 60.7 Å². The van der Waals surface area contributed by atoms with Crippen LogP contribution in [0.3, 0.4) is 0 Å². The molecule has 21 heavy (non-hydrogen) atoms. The van der Waals surface area contributed by atoms with Crippen LogP contribution in [0.25, 0.3) is 6.08 Å². The van der Waals surface area contributed by atoms with E-state index in [4.69, 9.17) is 0 Å². The lowest BCUT2D eigenvalue weighted by molar-refractivity contribution is -0.116. The molecule has 2 aromatic carbocycles. The molecule has 2 aromatic rings. The van der Waals surface area contributed by atoms with Crippen molar-refractivity contribution >= 4 is 12.0 Å². The van der Waals surface area contributed by atoms with Crippen molar-refractivity contribution in [2.75, 3.05) is 6.54 Å². The maximum atomic E-state index is 11.7. The lowest BCUT2D eigenvalue weighted by atomic mass is 10.1. The Hall–Kier alpha value is -2.35. The number of rotatable bonds is 6. The molecule has 0 radical (unpaired) electrons. The monoisotopic (exact) mass is 279 g/mol. The SMILES string of the molecule is Cc1ccc(/C=C\C(=O)NCCCc2ccccc2)cc1. The Morgan fingerprint density at radius 3 is 2.48 bits per heavy atom. The normalized spacial score (nSPS) is 10.7. The molecule has 0 spiro atoms. The molecule has 1 N–H and O–H groups in total. The Balaban J connectivity index is 1.69. The first-order valence-electron chi connectivity index (χ1n) is 7.30. The van der Waals surface area contributed by atoms with Gasteiger partial charge in [0.25, 0.3) is 0 Å². The van der Waals surface area contributed by atoms with E-state index in [-0.39, 0.29) is 5.91 Å². The van der Waals surface area contributed by atoms with Gasteiger partial charge in [-0.05, 0) is 37.0 Å². The number of carbonyl (C=O) groups is 1. The largest absolute Gasteiger partial charge is 0.353 e. The van der Waals surface area contributed by atoms with Gasteiger partial charge in [-0.1, -0.05) is 60.2 Å². The smallest absolute Gasteiger partial charge is 0.243 e. The van der Waals surface area contributed by atoms with Gasteiger partial charge in [-0.2, -0.15) is 0 Å². The van der Waals surface area contributed by atoms with Crippen LogP contribution in [0.1, 0.15) is 23.1 Å². The van der Waals surface area contributed by atoms with Gasteiger partial charge in [-0.15, -0.1) is 0 Å². The molecule has 0 aromatic heterocycles. The number of benzene rings is 2. The number of hydrogen-bond donors (Lipinski definition) is 1. The Morgan fingerprint density at radius 2 is 1.76 bits per heavy atom. The van der Waals surface area contributed by atoms with Crippen LogP contribution in [0.5, 0.6) is 0 Å². The second-order valence-electron chi connectivity index (χ2n) is 5.12. The summed E-state index contributed by atoms with van der Waals surface area (Å²) in [7, 11) is 0. The van der Waals surface area contributed by atoms with Crippen LogP contribution in [-0.4, -0.2) is 12.5 Å². The topological polar surface area (TPSA) is 29.1 Å². The summed E-state index contributed by atoms with van der Waals surface area (Å²) in [6, 6.07) is 18.4. The minimum absolute atomic E-state index is 0.0383. The van der Waals surface area contributed by atoms with Crippen molar-refractivity contribution < 1.29 is 4.79 Å². The van der Waals surface area contributed by atoms with Crippen molar-refractivity contribution in [3.8, 4) is 0 Å². The van der Waals surface area contributed by atoms with E-state index in [1.54, 1.807) is 6.08 Å². The third-order valence-electron chi connectivity index (χ3n) is 3.29. The van der Waals surface area contributed by atoms with Gasteiger partial charge in [0.2, 0.25) is 5.91 Å². The highest BCUT2D eigenvalue weighted by Crippen LogP contribution is 2.05. The van der Waals surface area contributed by atoms with Crippen LogP contribution in [0.2, 0.25) is 0 Å². The number of amides is 1. The molecule has 0 aliphatic carbocycles. The summed E-state index contributed by atoms with van der Waals surface area (Å²) in [4.78, 5) is 11.7. The van der Waals surface area contributed by atoms with Gasteiger partial charge < -0.3 is 5.32 Å². The van der Waals surface area contributed by atoms with Crippen LogP contribution in [0.4, 0.5) is 0 Å². The summed E-state index contributed by atoms with van der Waals surface area (Å²) in [5.41, 5.74) is 3.57. The number of nitrogens with one attached hydrogen (secondary N) is 1. The predicted molar refractivity (Wildman–Crippen MR) is 88.0 cm³/mol. The molecule has 0 fully saturated rings. The van der Waals surface area contributed by atoms with Gasteiger partial charge >= 0.3 is 0 Å². The quantitative estimate of drug-likeness (QED) is 0.633. The predicted octanol–water partition coefficient (Wildman–Crippen LogP) is 3.76. The maximum absolute atomic E-state index is 11.7. The highest BCUT2D eigenvalue weighted by Gasteiger charge is 1.96. The van der Waals surface area contributed by atoms with Gasteiger partial charge in [0.1, 0.15) is 0 Å². The van der Waals surface area contributed by atoms with Crippen molar-refractivity contribution in [3.05, 3.63) is 77.4 Å². The molecule has 0 aliphatic heterocycles. The second-order valence-corrected chi connectivity index (χ2v) is 5.12. The standard InChI is InChI=1S/C19H21NO/c1-16-9-11-18(12-10-16)13-14-19(21)20-15-5-8-17-6-3-2-4-7-17/h2-4,6-7,9-14H,5,8,15H2,1H3,(H,20,21)/b14-13-. The molecular formula is C19H21NO. The number of carbonyl (C=O) groups excluding carboxylic acids is 1. The second kappa shape index (κ2) is 8.05. The van der Waals surface area contributed by atoms with E-state index in [0.717, 1.165) is 18.4 Å². The number of aryl methyl sites for hydroxylation is 2. The fraction of sp³-hybridized carbons (Fsp3) is 0.211. The molecule has 0 atom stereocenters. The fourth-order valence-electron chi connectivity index (χ4n) is 2.06. The Labute approximate surface area is 126 Å². The van der Waals surface area contributed by atoms with E-state index in [0.29, 0.717) is 6.54 Å². The molecule has 0 saturated carbocycles. The summed E-state index contributed by atoms with van der Waals surface area (Å²) in [5.74, 6) is -0.0383. The first-order valence-corrected chi connectivity index (χ1v) is 7.30. The van der Waals surface area contributed by atoms with Crippen LogP contribution >= 0.6 is 0 Å². The van der Waals surface area contributed by atoms with Gasteiger partial charge in [-0.25, -0.2) is 0 Å².